The van der Waals surface area contributed by atoms with Crippen LogP contribution in [-0.2, 0) is 0 Å². The normalized spacial score (nSPS) is 9.62. The van der Waals surface area contributed by atoms with Gasteiger partial charge in [-0.15, -0.1) is 0 Å². The van der Waals surface area contributed by atoms with E-state index < -0.39 is 0 Å². The van der Waals surface area contributed by atoms with Gasteiger partial charge in [0.25, 0.3) is 5.91 Å². The number of pyridine rings is 1. The van der Waals surface area contributed by atoms with Gasteiger partial charge in [0.2, 0.25) is 5.56 Å². The molecule has 1 heterocycles. The standard InChI is InChI=1S/C8H9BrN2O2/c9-2-4-11-8(13)6-1-3-10-7(12)5-6/h1,3,5H,2,4H2,(H,10,12)(H,11,13). The topological polar surface area (TPSA) is 62.0 Å². The minimum absolute atomic E-state index is 0.231. The van der Waals surface area contributed by atoms with Gasteiger partial charge in [-0.05, 0) is 6.07 Å². The first kappa shape index (κ1) is 9.98. The lowest BCUT2D eigenvalue weighted by Crippen LogP contribution is -2.26. The Morgan fingerprint density at radius 3 is 3.00 bits per heavy atom. The van der Waals surface area contributed by atoms with Crippen LogP contribution in [0.3, 0.4) is 0 Å². The van der Waals surface area contributed by atoms with Crippen molar-refractivity contribution in [1.29, 1.82) is 0 Å². The fourth-order valence-corrected chi connectivity index (χ4v) is 1.05. The molecule has 0 aromatic carbocycles. The number of halogens is 1. The van der Waals surface area contributed by atoms with Crippen molar-refractivity contribution in [1.82, 2.24) is 10.3 Å². The Balaban J connectivity index is 2.71. The number of amides is 1. The third-order valence-electron chi connectivity index (χ3n) is 1.42. The Morgan fingerprint density at radius 1 is 1.62 bits per heavy atom. The van der Waals surface area contributed by atoms with E-state index in [-0.39, 0.29) is 11.5 Å². The van der Waals surface area contributed by atoms with Crippen LogP contribution in [0.2, 0.25) is 0 Å². The smallest absolute Gasteiger partial charge is 0.251 e. The van der Waals surface area contributed by atoms with Crippen molar-refractivity contribution in [2.24, 2.45) is 0 Å². The van der Waals surface area contributed by atoms with Crippen molar-refractivity contribution < 1.29 is 4.79 Å². The van der Waals surface area contributed by atoms with E-state index in [0.717, 1.165) is 0 Å². The summed E-state index contributed by atoms with van der Waals surface area (Å²) >= 11 is 3.18. The van der Waals surface area contributed by atoms with Crippen LogP contribution in [0.5, 0.6) is 0 Å². The summed E-state index contributed by atoms with van der Waals surface area (Å²) in [6, 6.07) is 2.83. The summed E-state index contributed by atoms with van der Waals surface area (Å²) in [6.45, 7) is 0.547. The molecule has 0 radical (unpaired) electrons. The lowest BCUT2D eigenvalue weighted by molar-refractivity contribution is 0.0956. The first-order chi connectivity index (χ1) is 6.24. The van der Waals surface area contributed by atoms with Crippen LogP contribution in [0.25, 0.3) is 0 Å². The molecule has 0 aliphatic carbocycles. The van der Waals surface area contributed by atoms with Crippen molar-refractivity contribution in [3.63, 3.8) is 0 Å². The highest BCUT2D eigenvalue weighted by Gasteiger charge is 2.03. The highest BCUT2D eigenvalue weighted by Crippen LogP contribution is 1.92. The van der Waals surface area contributed by atoms with Gasteiger partial charge < -0.3 is 10.3 Å². The minimum Gasteiger partial charge on any atom is -0.351 e. The maximum atomic E-state index is 11.3. The van der Waals surface area contributed by atoms with Gasteiger partial charge in [0.05, 0.1) is 0 Å². The molecule has 13 heavy (non-hydrogen) atoms. The maximum absolute atomic E-state index is 11.3. The van der Waals surface area contributed by atoms with E-state index in [9.17, 15) is 9.59 Å². The van der Waals surface area contributed by atoms with Crippen LogP contribution >= 0.6 is 15.9 Å². The molecule has 0 atom stereocenters. The van der Waals surface area contributed by atoms with Crippen molar-refractivity contribution >= 4 is 21.8 Å². The van der Waals surface area contributed by atoms with Crippen LogP contribution in [0.1, 0.15) is 10.4 Å². The number of hydrogen-bond donors (Lipinski definition) is 2. The molecule has 0 fully saturated rings. The number of rotatable bonds is 3. The third-order valence-corrected chi connectivity index (χ3v) is 1.81. The largest absolute Gasteiger partial charge is 0.351 e. The Hall–Kier alpha value is -1.10. The Kier molecular flexibility index (Phi) is 3.70. The van der Waals surface area contributed by atoms with Gasteiger partial charge in [-0.25, -0.2) is 0 Å². The average Bonchev–Trinajstić information content (AvgIpc) is 2.14. The summed E-state index contributed by atoms with van der Waals surface area (Å²) in [5, 5.41) is 3.33. The molecule has 0 aliphatic heterocycles. The first-order valence-corrected chi connectivity index (χ1v) is 4.89. The Labute approximate surface area is 83.5 Å². The summed E-state index contributed by atoms with van der Waals surface area (Å²) < 4.78 is 0. The number of H-pyrrole nitrogens is 1. The summed E-state index contributed by atoms with van der Waals surface area (Å²) in [5.74, 6) is -0.231. The zero-order valence-electron chi connectivity index (χ0n) is 6.84. The van der Waals surface area contributed by atoms with Crippen molar-refractivity contribution in [2.45, 2.75) is 0 Å². The van der Waals surface area contributed by atoms with Gasteiger partial charge in [-0.3, -0.25) is 9.59 Å². The Bertz CT molecular complexity index is 348. The van der Waals surface area contributed by atoms with Gasteiger partial charge in [-0.2, -0.15) is 0 Å². The van der Waals surface area contributed by atoms with E-state index in [0.29, 0.717) is 17.4 Å². The molecule has 0 saturated carbocycles. The highest BCUT2D eigenvalue weighted by molar-refractivity contribution is 9.09. The monoisotopic (exact) mass is 244 g/mol. The number of carbonyl (C=O) groups is 1. The molecule has 0 bridgehead atoms. The molecule has 0 unspecified atom stereocenters. The molecule has 5 heteroatoms. The molecule has 0 aliphatic rings. The van der Waals surface area contributed by atoms with Gasteiger partial charge in [0.1, 0.15) is 0 Å². The molecule has 0 spiro atoms. The summed E-state index contributed by atoms with van der Waals surface area (Å²) in [7, 11) is 0. The second-order valence-corrected chi connectivity index (χ2v) is 3.18. The summed E-state index contributed by atoms with van der Waals surface area (Å²) in [5.41, 5.74) is 0.108. The molecule has 1 aromatic heterocycles. The van der Waals surface area contributed by atoms with E-state index >= 15 is 0 Å². The molecular formula is C8H9BrN2O2. The average molecular weight is 245 g/mol. The van der Waals surface area contributed by atoms with Gasteiger partial charge in [0, 0.05) is 29.7 Å². The van der Waals surface area contributed by atoms with Gasteiger partial charge >= 0.3 is 0 Å². The molecule has 4 nitrogen and oxygen atoms in total. The number of aromatic nitrogens is 1. The fourth-order valence-electron chi connectivity index (χ4n) is 0.849. The zero-order valence-corrected chi connectivity index (χ0v) is 8.43. The minimum atomic E-state index is -0.272. The van der Waals surface area contributed by atoms with E-state index in [2.05, 4.69) is 26.2 Å². The molecular weight excluding hydrogens is 236 g/mol. The highest BCUT2D eigenvalue weighted by atomic mass is 79.9. The summed E-state index contributed by atoms with van der Waals surface area (Å²) in [4.78, 5) is 24.5. The predicted octanol–water partition coefficient (Wildman–Crippen LogP) is 0.500. The van der Waals surface area contributed by atoms with Gasteiger partial charge in [-0.1, -0.05) is 15.9 Å². The second kappa shape index (κ2) is 4.81. The second-order valence-electron chi connectivity index (χ2n) is 2.39. The molecule has 1 aromatic rings. The van der Waals surface area contributed by atoms with E-state index in [1.165, 1.54) is 12.3 Å². The maximum Gasteiger partial charge on any atom is 0.251 e. The number of hydrogen-bond acceptors (Lipinski definition) is 2. The quantitative estimate of drug-likeness (QED) is 0.761. The third kappa shape index (κ3) is 3.02. The molecule has 2 N–H and O–H groups in total. The molecule has 0 saturated heterocycles. The Morgan fingerprint density at radius 2 is 2.38 bits per heavy atom. The lowest BCUT2D eigenvalue weighted by atomic mass is 10.2. The zero-order chi connectivity index (χ0) is 9.68. The number of nitrogens with one attached hydrogen (secondary N) is 2. The first-order valence-electron chi connectivity index (χ1n) is 3.77. The van der Waals surface area contributed by atoms with E-state index in [4.69, 9.17) is 0 Å². The number of aromatic amines is 1. The van der Waals surface area contributed by atoms with Crippen LogP contribution in [-0.4, -0.2) is 22.8 Å². The summed E-state index contributed by atoms with van der Waals surface area (Å²) in [6.07, 6.45) is 1.45. The molecule has 1 amide bonds. The van der Waals surface area contributed by atoms with Crippen LogP contribution in [0, 0.1) is 0 Å². The number of carbonyl (C=O) groups excluding carboxylic acids is 1. The van der Waals surface area contributed by atoms with Crippen molar-refractivity contribution in [2.75, 3.05) is 11.9 Å². The van der Waals surface area contributed by atoms with Crippen LogP contribution < -0.4 is 10.9 Å². The van der Waals surface area contributed by atoms with Crippen molar-refractivity contribution in [3.05, 3.63) is 34.2 Å². The fraction of sp³-hybridized carbons (Fsp3) is 0.250. The van der Waals surface area contributed by atoms with Gasteiger partial charge in [0.15, 0.2) is 0 Å². The SMILES string of the molecule is O=C(NCCBr)c1cc[nH]c(=O)c1. The lowest BCUT2D eigenvalue weighted by Gasteiger charge is -2.01. The number of alkyl halides is 1. The predicted molar refractivity (Wildman–Crippen MR) is 53.2 cm³/mol. The van der Waals surface area contributed by atoms with Crippen molar-refractivity contribution in [3.8, 4) is 0 Å². The van der Waals surface area contributed by atoms with E-state index in [1.807, 2.05) is 0 Å². The van der Waals surface area contributed by atoms with E-state index in [1.54, 1.807) is 6.07 Å². The van der Waals surface area contributed by atoms with Crippen LogP contribution in [0.4, 0.5) is 0 Å². The van der Waals surface area contributed by atoms with Crippen LogP contribution in [0.15, 0.2) is 23.1 Å². The molecule has 70 valence electrons. The molecule has 1 rings (SSSR count).